The second kappa shape index (κ2) is 6.78. The first-order valence-corrected chi connectivity index (χ1v) is 7.16. The van der Waals surface area contributed by atoms with Crippen molar-refractivity contribution in [3.8, 4) is 5.75 Å². The Labute approximate surface area is 125 Å². The summed E-state index contributed by atoms with van der Waals surface area (Å²) in [6.07, 6.45) is 0.873. The highest BCUT2D eigenvalue weighted by Crippen LogP contribution is 2.26. The minimum absolute atomic E-state index is 0.552. The van der Waals surface area contributed by atoms with Crippen LogP contribution < -0.4 is 10.5 Å². The Kier molecular flexibility index (Phi) is 5.05. The van der Waals surface area contributed by atoms with E-state index < -0.39 is 0 Å². The van der Waals surface area contributed by atoms with Crippen LogP contribution in [0.25, 0.3) is 0 Å². The van der Waals surface area contributed by atoms with Crippen LogP contribution in [0.15, 0.2) is 36.4 Å². The summed E-state index contributed by atoms with van der Waals surface area (Å²) in [5, 5.41) is 0.806. The van der Waals surface area contributed by atoms with Gasteiger partial charge in [0.15, 0.2) is 0 Å². The number of halogens is 1. The van der Waals surface area contributed by atoms with Gasteiger partial charge in [-0.3, -0.25) is 0 Å². The summed E-state index contributed by atoms with van der Waals surface area (Å²) in [5.74, 6) is 0.854. The summed E-state index contributed by atoms with van der Waals surface area (Å²) < 4.78 is 5.90. The van der Waals surface area contributed by atoms with E-state index in [-0.39, 0.29) is 0 Å². The van der Waals surface area contributed by atoms with Gasteiger partial charge in [0.2, 0.25) is 0 Å². The summed E-state index contributed by atoms with van der Waals surface area (Å²) in [6.45, 7) is 5.18. The molecule has 3 heteroatoms. The van der Waals surface area contributed by atoms with Crippen molar-refractivity contribution >= 4 is 11.6 Å². The predicted molar refractivity (Wildman–Crippen MR) is 84.5 cm³/mol. The van der Waals surface area contributed by atoms with E-state index in [1.165, 1.54) is 11.1 Å². The quantitative estimate of drug-likeness (QED) is 0.902. The van der Waals surface area contributed by atoms with Crippen molar-refractivity contribution in [1.29, 1.82) is 0 Å². The number of ether oxygens (including phenoxy) is 1. The molecule has 0 spiro atoms. The molecule has 0 unspecified atom stereocenters. The Morgan fingerprint density at radius 3 is 2.25 bits per heavy atom. The van der Waals surface area contributed by atoms with Gasteiger partial charge in [-0.25, -0.2) is 0 Å². The second-order valence-electron chi connectivity index (χ2n) is 4.97. The van der Waals surface area contributed by atoms with E-state index in [2.05, 4.69) is 12.1 Å². The minimum Gasteiger partial charge on any atom is -0.489 e. The lowest BCUT2D eigenvalue weighted by Crippen LogP contribution is -2.07. The summed E-state index contributed by atoms with van der Waals surface area (Å²) >= 11 is 6.16. The van der Waals surface area contributed by atoms with E-state index >= 15 is 0 Å². The van der Waals surface area contributed by atoms with Gasteiger partial charge in [-0.05, 0) is 61.2 Å². The van der Waals surface area contributed by atoms with Gasteiger partial charge in [0.25, 0.3) is 0 Å². The molecule has 106 valence electrons. The van der Waals surface area contributed by atoms with Gasteiger partial charge in [-0.15, -0.1) is 0 Å². The van der Waals surface area contributed by atoms with Gasteiger partial charge < -0.3 is 10.5 Å². The van der Waals surface area contributed by atoms with E-state index in [1.807, 2.05) is 38.1 Å². The molecule has 2 aromatic rings. The van der Waals surface area contributed by atoms with Crippen molar-refractivity contribution in [2.75, 3.05) is 6.54 Å². The molecule has 2 nitrogen and oxygen atoms in total. The number of rotatable bonds is 5. The molecule has 0 saturated carbocycles. The zero-order chi connectivity index (χ0) is 14.5. The molecule has 0 radical (unpaired) electrons. The third-order valence-corrected chi connectivity index (χ3v) is 3.93. The van der Waals surface area contributed by atoms with E-state index in [4.69, 9.17) is 22.1 Å². The molecule has 0 aliphatic heterocycles. The summed E-state index contributed by atoms with van der Waals surface area (Å²) in [7, 11) is 0. The van der Waals surface area contributed by atoms with Crippen LogP contribution in [-0.2, 0) is 13.0 Å². The van der Waals surface area contributed by atoms with Crippen molar-refractivity contribution in [3.63, 3.8) is 0 Å². The third kappa shape index (κ3) is 3.53. The number of aryl methyl sites for hydroxylation is 2. The molecule has 0 amide bonds. The lowest BCUT2D eigenvalue weighted by molar-refractivity contribution is 0.304. The SMILES string of the molecule is Cc1cc(OCc2ccccc2CCN)cc(C)c1Cl. The maximum Gasteiger partial charge on any atom is 0.120 e. The van der Waals surface area contributed by atoms with Crippen LogP contribution >= 0.6 is 11.6 Å². The lowest BCUT2D eigenvalue weighted by Gasteiger charge is -2.12. The maximum atomic E-state index is 6.16. The second-order valence-corrected chi connectivity index (χ2v) is 5.35. The van der Waals surface area contributed by atoms with Gasteiger partial charge in [-0.1, -0.05) is 35.9 Å². The Morgan fingerprint density at radius 1 is 1.05 bits per heavy atom. The molecule has 0 aliphatic rings. The standard InChI is InChI=1S/C17H20ClNO/c1-12-9-16(10-13(2)17(12)18)20-11-15-6-4-3-5-14(15)7-8-19/h3-6,9-10H,7-8,11,19H2,1-2H3. The predicted octanol–water partition coefficient (Wildman–Crippen LogP) is 4.04. The van der Waals surface area contributed by atoms with Crippen molar-refractivity contribution < 1.29 is 4.74 Å². The largest absolute Gasteiger partial charge is 0.489 e. The molecule has 2 N–H and O–H groups in total. The fraction of sp³-hybridized carbons (Fsp3) is 0.294. The molecule has 0 aliphatic carbocycles. The van der Waals surface area contributed by atoms with E-state index in [0.717, 1.165) is 28.3 Å². The van der Waals surface area contributed by atoms with Crippen LogP contribution in [0.4, 0.5) is 0 Å². The topological polar surface area (TPSA) is 35.2 Å². The van der Waals surface area contributed by atoms with Crippen LogP contribution in [0.1, 0.15) is 22.3 Å². The number of hydrogen-bond acceptors (Lipinski definition) is 2. The van der Waals surface area contributed by atoms with Gasteiger partial charge in [0.1, 0.15) is 12.4 Å². The highest BCUT2D eigenvalue weighted by atomic mass is 35.5. The Hall–Kier alpha value is -1.51. The molecule has 0 aromatic heterocycles. The summed E-state index contributed by atoms with van der Waals surface area (Å²) in [6, 6.07) is 12.2. The monoisotopic (exact) mass is 289 g/mol. The molecule has 0 heterocycles. The fourth-order valence-electron chi connectivity index (χ4n) is 2.25. The Balaban J connectivity index is 2.13. The molecule has 0 fully saturated rings. The van der Waals surface area contributed by atoms with Crippen molar-refractivity contribution in [1.82, 2.24) is 0 Å². The van der Waals surface area contributed by atoms with Crippen molar-refractivity contribution in [2.45, 2.75) is 26.9 Å². The van der Waals surface area contributed by atoms with Crippen LogP contribution in [-0.4, -0.2) is 6.54 Å². The normalized spacial score (nSPS) is 10.6. The molecule has 2 aromatic carbocycles. The van der Waals surface area contributed by atoms with Crippen molar-refractivity contribution in [3.05, 3.63) is 63.7 Å². The van der Waals surface area contributed by atoms with E-state index in [1.54, 1.807) is 0 Å². The van der Waals surface area contributed by atoms with E-state index in [0.29, 0.717) is 13.2 Å². The summed E-state index contributed by atoms with van der Waals surface area (Å²) in [4.78, 5) is 0. The molecular weight excluding hydrogens is 270 g/mol. The van der Waals surface area contributed by atoms with Crippen LogP contribution in [0, 0.1) is 13.8 Å². The minimum atomic E-state index is 0.552. The third-order valence-electron chi connectivity index (χ3n) is 3.34. The maximum absolute atomic E-state index is 6.16. The zero-order valence-corrected chi connectivity index (χ0v) is 12.7. The smallest absolute Gasteiger partial charge is 0.120 e. The van der Waals surface area contributed by atoms with Crippen molar-refractivity contribution in [2.24, 2.45) is 5.73 Å². The van der Waals surface area contributed by atoms with Gasteiger partial charge in [0, 0.05) is 5.02 Å². The Bertz CT molecular complexity index is 572. The van der Waals surface area contributed by atoms with Gasteiger partial charge in [-0.2, -0.15) is 0 Å². The first kappa shape index (κ1) is 14.9. The van der Waals surface area contributed by atoms with Crippen LogP contribution in [0.2, 0.25) is 5.02 Å². The van der Waals surface area contributed by atoms with Crippen LogP contribution in [0.3, 0.4) is 0 Å². The Morgan fingerprint density at radius 2 is 1.65 bits per heavy atom. The number of benzene rings is 2. The average molecular weight is 290 g/mol. The molecule has 0 bridgehead atoms. The number of nitrogens with two attached hydrogens (primary N) is 1. The summed E-state index contributed by atoms with van der Waals surface area (Å²) in [5.41, 5.74) is 10.1. The molecule has 20 heavy (non-hydrogen) atoms. The highest BCUT2D eigenvalue weighted by molar-refractivity contribution is 6.32. The molecular formula is C17H20ClNO. The van der Waals surface area contributed by atoms with E-state index in [9.17, 15) is 0 Å². The van der Waals surface area contributed by atoms with Crippen LogP contribution in [0.5, 0.6) is 5.75 Å². The van der Waals surface area contributed by atoms with Gasteiger partial charge in [0.05, 0.1) is 0 Å². The fourth-order valence-corrected chi connectivity index (χ4v) is 2.36. The first-order valence-electron chi connectivity index (χ1n) is 6.78. The zero-order valence-electron chi connectivity index (χ0n) is 11.9. The van der Waals surface area contributed by atoms with Gasteiger partial charge >= 0.3 is 0 Å². The average Bonchev–Trinajstić information content (AvgIpc) is 2.44. The molecule has 0 saturated heterocycles. The lowest BCUT2D eigenvalue weighted by atomic mass is 10.1. The molecule has 0 atom stereocenters. The number of hydrogen-bond donors (Lipinski definition) is 1. The first-order chi connectivity index (χ1) is 9.61. The highest BCUT2D eigenvalue weighted by Gasteiger charge is 2.05. The molecule has 2 rings (SSSR count).